The fourth-order valence-electron chi connectivity index (χ4n) is 1.42. The van der Waals surface area contributed by atoms with Crippen molar-refractivity contribution in [3.8, 4) is 0 Å². The lowest BCUT2D eigenvalue weighted by molar-refractivity contribution is -0.138. The van der Waals surface area contributed by atoms with Gasteiger partial charge in [0.15, 0.2) is 0 Å². The Balaban J connectivity index is 2.46. The van der Waals surface area contributed by atoms with E-state index >= 15 is 0 Å². The molecular formula is C14H19NO3S. The summed E-state index contributed by atoms with van der Waals surface area (Å²) in [5.74, 6) is -0.937. The van der Waals surface area contributed by atoms with Gasteiger partial charge in [-0.3, -0.25) is 9.59 Å². The third kappa shape index (κ3) is 4.95. The van der Waals surface area contributed by atoms with Crippen molar-refractivity contribution in [1.29, 1.82) is 0 Å². The Morgan fingerprint density at radius 3 is 2.42 bits per heavy atom. The summed E-state index contributed by atoms with van der Waals surface area (Å²) in [7, 11) is 0. The smallest absolute Gasteiger partial charge is 0.319 e. The van der Waals surface area contributed by atoms with E-state index in [4.69, 9.17) is 5.11 Å². The lowest BCUT2D eigenvalue weighted by Gasteiger charge is -2.19. The van der Waals surface area contributed by atoms with E-state index in [1.54, 1.807) is 13.8 Å². The summed E-state index contributed by atoms with van der Waals surface area (Å²) in [6, 6.07) is 9.56. The van der Waals surface area contributed by atoms with Crippen LogP contribution in [0.25, 0.3) is 0 Å². The maximum Gasteiger partial charge on any atom is 0.319 e. The molecule has 4 nitrogen and oxygen atoms in total. The quantitative estimate of drug-likeness (QED) is 0.840. The Hall–Kier alpha value is -1.49. The van der Waals surface area contributed by atoms with Gasteiger partial charge >= 0.3 is 5.97 Å². The van der Waals surface area contributed by atoms with Crippen molar-refractivity contribution in [3.05, 3.63) is 35.9 Å². The molecule has 2 N–H and O–H groups in total. The monoisotopic (exact) mass is 281 g/mol. The molecule has 104 valence electrons. The van der Waals surface area contributed by atoms with Crippen LogP contribution in [0, 0.1) is 0 Å². The second-order valence-electron chi connectivity index (χ2n) is 4.80. The fourth-order valence-corrected chi connectivity index (χ4v) is 2.11. The van der Waals surface area contributed by atoms with Gasteiger partial charge in [0.1, 0.15) is 4.75 Å². The predicted octanol–water partition coefficient (Wildman–Crippen LogP) is 2.46. The molecule has 1 amide bonds. The van der Waals surface area contributed by atoms with Crippen LogP contribution < -0.4 is 5.32 Å². The highest BCUT2D eigenvalue weighted by Gasteiger charge is 2.28. The van der Waals surface area contributed by atoms with Crippen LogP contribution in [-0.4, -0.2) is 27.5 Å². The Morgan fingerprint density at radius 1 is 1.32 bits per heavy atom. The van der Waals surface area contributed by atoms with Gasteiger partial charge in [-0.15, -0.1) is 11.8 Å². The Labute approximate surface area is 117 Å². The number of carbonyl (C=O) groups is 2. The van der Waals surface area contributed by atoms with E-state index < -0.39 is 10.7 Å². The van der Waals surface area contributed by atoms with Gasteiger partial charge in [-0.05, 0) is 26.3 Å². The van der Waals surface area contributed by atoms with Gasteiger partial charge < -0.3 is 10.4 Å². The third-order valence-corrected chi connectivity index (χ3v) is 4.06. The summed E-state index contributed by atoms with van der Waals surface area (Å²) in [6.07, 6.45) is 0. The van der Waals surface area contributed by atoms with Gasteiger partial charge in [0.25, 0.3) is 0 Å². The van der Waals surface area contributed by atoms with Crippen molar-refractivity contribution in [2.75, 3.05) is 5.75 Å². The highest BCUT2D eigenvalue weighted by Crippen LogP contribution is 2.24. The summed E-state index contributed by atoms with van der Waals surface area (Å²) in [5, 5.41) is 11.8. The number of hydrogen-bond acceptors (Lipinski definition) is 3. The molecule has 0 aliphatic heterocycles. The number of thioether (sulfide) groups is 1. The van der Waals surface area contributed by atoms with Crippen molar-refractivity contribution in [2.45, 2.75) is 31.6 Å². The highest BCUT2D eigenvalue weighted by molar-refractivity contribution is 8.01. The van der Waals surface area contributed by atoms with Gasteiger partial charge in [-0.25, -0.2) is 0 Å². The van der Waals surface area contributed by atoms with Crippen LogP contribution in [0.4, 0.5) is 0 Å². The second kappa shape index (κ2) is 6.61. The van der Waals surface area contributed by atoms with Crippen LogP contribution in [0.5, 0.6) is 0 Å². The average molecular weight is 281 g/mol. The molecule has 0 aliphatic carbocycles. The van der Waals surface area contributed by atoms with Crippen LogP contribution in [0.1, 0.15) is 32.4 Å². The minimum absolute atomic E-state index is 0.0813. The van der Waals surface area contributed by atoms with E-state index in [1.807, 2.05) is 37.3 Å². The van der Waals surface area contributed by atoms with Crippen LogP contribution in [-0.2, 0) is 9.59 Å². The van der Waals surface area contributed by atoms with Crippen molar-refractivity contribution < 1.29 is 14.7 Å². The van der Waals surface area contributed by atoms with Gasteiger partial charge in [-0.2, -0.15) is 0 Å². The average Bonchev–Trinajstić information content (AvgIpc) is 2.37. The van der Waals surface area contributed by atoms with Gasteiger partial charge in [0.05, 0.1) is 11.8 Å². The first-order valence-electron chi connectivity index (χ1n) is 6.04. The molecular weight excluding hydrogens is 262 g/mol. The molecule has 0 fully saturated rings. The summed E-state index contributed by atoms with van der Waals surface area (Å²) in [4.78, 5) is 22.7. The molecule has 0 radical (unpaired) electrons. The zero-order valence-corrected chi connectivity index (χ0v) is 12.2. The molecule has 0 spiro atoms. The number of carboxylic acid groups (broad SMARTS) is 1. The first-order chi connectivity index (χ1) is 8.83. The zero-order valence-electron chi connectivity index (χ0n) is 11.3. The lowest BCUT2D eigenvalue weighted by atomic mass is 10.1. The molecule has 19 heavy (non-hydrogen) atoms. The molecule has 0 aromatic heterocycles. The van der Waals surface area contributed by atoms with E-state index in [0.717, 1.165) is 17.3 Å². The normalized spacial score (nSPS) is 12.8. The van der Waals surface area contributed by atoms with Crippen molar-refractivity contribution >= 4 is 23.6 Å². The molecule has 1 atom stereocenters. The number of carboxylic acids is 1. The molecule has 1 rings (SSSR count). The van der Waals surface area contributed by atoms with E-state index in [9.17, 15) is 9.59 Å². The molecule has 1 unspecified atom stereocenters. The summed E-state index contributed by atoms with van der Waals surface area (Å²) in [5.41, 5.74) is 1.03. The Kier molecular flexibility index (Phi) is 5.42. The number of carbonyl (C=O) groups excluding carboxylic acids is 1. The Bertz CT molecular complexity index is 445. The summed E-state index contributed by atoms with van der Waals surface area (Å²) >= 11 is 1.12. The van der Waals surface area contributed by atoms with E-state index in [-0.39, 0.29) is 17.7 Å². The molecule has 0 saturated heterocycles. The van der Waals surface area contributed by atoms with Crippen LogP contribution in [0.3, 0.4) is 0 Å². The number of nitrogens with one attached hydrogen (secondary N) is 1. The largest absolute Gasteiger partial charge is 0.480 e. The summed E-state index contributed by atoms with van der Waals surface area (Å²) < 4.78 is -0.951. The van der Waals surface area contributed by atoms with Crippen molar-refractivity contribution in [3.63, 3.8) is 0 Å². The first kappa shape index (κ1) is 15.6. The molecule has 1 aromatic carbocycles. The molecule has 5 heteroatoms. The number of amides is 1. The predicted molar refractivity (Wildman–Crippen MR) is 77.2 cm³/mol. The molecule has 0 aliphatic rings. The number of aliphatic carboxylic acids is 1. The molecule has 0 saturated carbocycles. The number of benzene rings is 1. The van der Waals surface area contributed by atoms with E-state index in [2.05, 4.69) is 5.32 Å². The molecule has 0 heterocycles. The second-order valence-corrected chi connectivity index (χ2v) is 6.40. The highest BCUT2D eigenvalue weighted by atomic mass is 32.2. The van der Waals surface area contributed by atoms with E-state index in [0.29, 0.717) is 0 Å². The first-order valence-corrected chi connectivity index (χ1v) is 7.03. The number of hydrogen-bond donors (Lipinski definition) is 2. The topological polar surface area (TPSA) is 66.4 Å². The Morgan fingerprint density at radius 2 is 1.89 bits per heavy atom. The van der Waals surface area contributed by atoms with Crippen LogP contribution >= 0.6 is 11.8 Å². The zero-order chi connectivity index (χ0) is 14.5. The van der Waals surface area contributed by atoms with Crippen molar-refractivity contribution in [1.82, 2.24) is 5.32 Å². The molecule has 0 bridgehead atoms. The minimum Gasteiger partial charge on any atom is -0.480 e. The standard InChI is InChI=1S/C14H19NO3S/c1-10(11-7-5-4-6-8-11)15-12(16)9-19-14(2,3)13(17)18/h4-8,10H,9H2,1-3H3,(H,15,16)(H,17,18). The maximum atomic E-state index is 11.8. The van der Waals surface area contributed by atoms with Crippen LogP contribution in [0.15, 0.2) is 30.3 Å². The van der Waals surface area contributed by atoms with Gasteiger partial charge in [0, 0.05) is 0 Å². The van der Waals surface area contributed by atoms with E-state index in [1.165, 1.54) is 0 Å². The minimum atomic E-state index is -0.951. The number of rotatable bonds is 6. The summed E-state index contributed by atoms with van der Waals surface area (Å²) in [6.45, 7) is 5.09. The van der Waals surface area contributed by atoms with Crippen LogP contribution in [0.2, 0.25) is 0 Å². The van der Waals surface area contributed by atoms with Gasteiger partial charge in [0.2, 0.25) is 5.91 Å². The molecule has 1 aromatic rings. The van der Waals surface area contributed by atoms with Crippen molar-refractivity contribution in [2.24, 2.45) is 0 Å². The fraction of sp³-hybridized carbons (Fsp3) is 0.429. The SMILES string of the molecule is CC(NC(=O)CSC(C)(C)C(=O)O)c1ccccc1. The third-order valence-electron chi connectivity index (χ3n) is 2.76. The maximum absolute atomic E-state index is 11.8. The lowest BCUT2D eigenvalue weighted by Crippen LogP contribution is -2.33. The van der Waals surface area contributed by atoms with Gasteiger partial charge in [-0.1, -0.05) is 30.3 Å².